The number of aromatic hydroxyl groups is 1. The van der Waals surface area contributed by atoms with E-state index in [1.54, 1.807) is 36.4 Å². The van der Waals surface area contributed by atoms with Gasteiger partial charge in [0.2, 0.25) is 11.2 Å². The van der Waals surface area contributed by atoms with E-state index in [1.165, 1.54) is 11.6 Å². The van der Waals surface area contributed by atoms with E-state index >= 15 is 0 Å². The van der Waals surface area contributed by atoms with Crippen LogP contribution in [-0.2, 0) is 28.1 Å². The summed E-state index contributed by atoms with van der Waals surface area (Å²) in [6.45, 7) is 5.44. The fourth-order valence-electron chi connectivity index (χ4n) is 7.46. The van der Waals surface area contributed by atoms with Crippen molar-refractivity contribution < 1.29 is 24.5 Å². The van der Waals surface area contributed by atoms with Gasteiger partial charge in [0.1, 0.15) is 11.5 Å². The van der Waals surface area contributed by atoms with E-state index in [-0.39, 0.29) is 23.8 Å². The molecule has 1 aliphatic rings. The van der Waals surface area contributed by atoms with Crippen LogP contribution in [0.2, 0.25) is 0 Å². The molecule has 4 aromatic carbocycles. The first-order valence-electron chi connectivity index (χ1n) is 19.9. The van der Waals surface area contributed by atoms with E-state index in [4.69, 9.17) is 9.47 Å². The maximum atomic E-state index is 13.8. The minimum Gasteiger partial charge on any atom is -0.506 e. The van der Waals surface area contributed by atoms with Gasteiger partial charge in [0.25, 0.3) is 0 Å². The highest BCUT2D eigenvalue weighted by atomic mass is 16.5. The highest BCUT2D eigenvalue weighted by molar-refractivity contribution is 5.87. The highest BCUT2D eigenvalue weighted by Crippen LogP contribution is 2.34. The summed E-state index contributed by atoms with van der Waals surface area (Å²) in [5, 5.41) is 26.6. The smallest absolute Gasteiger partial charge is 0.347 e. The molecule has 6 rings (SSSR count). The predicted molar refractivity (Wildman–Crippen MR) is 217 cm³/mol. The first-order valence-corrected chi connectivity index (χ1v) is 19.9. The van der Waals surface area contributed by atoms with Crippen molar-refractivity contribution in [3.63, 3.8) is 0 Å². The summed E-state index contributed by atoms with van der Waals surface area (Å²) in [5.74, 6) is 0.294. The van der Waals surface area contributed by atoms with Crippen LogP contribution in [0.4, 0.5) is 0 Å². The number of likely N-dealkylation sites (tertiary alicyclic amines) is 1. The molecule has 0 spiro atoms. The third kappa shape index (κ3) is 11.1. The zero-order valence-electron chi connectivity index (χ0n) is 31.8. The number of phenolic OH excluding ortho intramolecular Hbond substituents is 1. The molecular weight excluding hydrogens is 691 g/mol. The van der Waals surface area contributed by atoms with Crippen LogP contribution in [0.5, 0.6) is 11.5 Å². The molecule has 1 atom stereocenters. The molecule has 1 aliphatic heterocycles. The van der Waals surface area contributed by atoms with Crippen molar-refractivity contribution in [2.24, 2.45) is 5.92 Å². The normalized spacial score (nSPS) is 14.8. The summed E-state index contributed by atoms with van der Waals surface area (Å²) in [6.07, 6.45) is 9.23. The molecule has 5 aromatic rings. The molecule has 1 fully saturated rings. The second-order valence-corrected chi connectivity index (χ2v) is 14.7. The zero-order valence-corrected chi connectivity index (χ0v) is 31.8. The molecule has 0 bridgehead atoms. The largest absolute Gasteiger partial charge is 0.506 e. The number of aliphatic hydroxyl groups is 1. The van der Waals surface area contributed by atoms with E-state index in [1.807, 2.05) is 42.5 Å². The van der Waals surface area contributed by atoms with Crippen molar-refractivity contribution in [1.29, 1.82) is 0 Å². The number of nitrogens with zero attached hydrogens (tertiary/aromatic N) is 1. The Morgan fingerprint density at radius 3 is 2.29 bits per heavy atom. The van der Waals surface area contributed by atoms with Crippen LogP contribution in [-0.4, -0.2) is 65.5 Å². The van der Waals surface area contributed by atoms with Crippen LogP contribution in [0.15, 0.2) is 114 Å². The SMILES string of the molecule is O=C(OCC1CCN(Cc2ccccc2)CC1)C(O)(c1ccccc1)c1cccc(OCCCCCCCCNCCc2ccc(O)c3[nH]c(=O)ccc23)c1. The number of aromatic amines is 1. The number of aromatic nitrogens is 1. The molecule has 4 N–H and O–H groups in total. The van der Waals surface area contributed by atoms with Crippen LogP contribution >= 0.6 is 0 Å². The number of unbranched alkanes of at least 4 members (excludes halogenated alkanes) is 5. The number of ether oxygens (including phenoxy) is 2. The summed E-state index contributed by atoms with van der Waals surface area (Å²) in [4.78, 5) is 30.6. The van der Waals surface area contributed by atoms with Crippen molar-refractivity contribution in [2.45, 2.75) is 69.9 Å². The van der Waals surface area contributed by atoms with E-state index in [9.17, 15) is 19.8 Å². The summed E-state index contributed by atoms with van der Waals surface area (Å²) >= 11 is 0. The number of carbonyl (C=O) groups is 1. The second kappa shape index (κ2) is 20.1. The molecular formula is C46H55N3O6. The van der Waals surface area contributed by atoms with Crippen molar-refractivity contribution >= 4 is 16.9 Å². The maximum absolute atomic E-state index is 13.8. The molecule has 55 heavy (non-hydrogen) atoms. The van der Waals surface area contributed by atoms with Gasteiger partial charge in [0.05, 0.1) is 18.7 Å². The van der Waals surface area contributed by atoms with Gasteiger partial charge in [0.15, 0.2) is 0 Å². The molecule has 1 saturated heterocycles. The van der Waals surface area contributed by atoms with E-state index in [0.29, 0.717) is 29.0 Å². The van der Waals surface area contributed by atoms with Crippen molar-refractivity contribution in [2.75, 3.05) is 39.4 Å². The third-order valence-electron chi connectivity index (χ3n) is 10.7. The first kappa shape index (κ1) is 39.7. The first-order chi connectivity index (χ1) is 26.9. The molecule has 9 heteroatoms. The number of phenols is 1. The van der Waals surface area contributed by atoms with Crippen molar-refractivity contribution in [3.8, 4) is 11.5 Å². The van der Waals surface area contributed by atoms with Gasteiger partial charge in [-0.15, -0.1) is 0 Å². The Kier molecular flexibility index (Phi) is 14.5. The minimum absolute atomic E-state index is 0.0907. The number of esters is 1. The number of piperidine rings is 1. The summed E-state index contributed by atoms with van der Waals surface area (Å²) in [5.41, 5.74) is 1.62. The summed E-state index contributed by atoms with van der Waals surface area (Å²) < 4.78 is 12.0. The lowest BCUT2D eigenvalue weighted by Gasteiger charge is -2.33. The fourth-order valence-corrected chi connectivity index (χ4v) is 7.46. The molecule has 1 unspecified atom stereocenters. The standard InChI is InChI=1S/C46H55N3O6/c50-42-22-20-37(41-21-23-43(51)48-44(41)42)24-28-47-27-11-3-1-2-4-12-31-54-40-19-13-18-39(32-40)46(53,38-16-9-6-10-17-38)45(52)55-34-36-25-29-49(30-26-36)33-35-14-7-5-8-15-35/h5-10,13-23,32,36,47,50,53H,1-4,11-12,24-31,33-34H2,(H,48,51). The van der Waals surface area contributed by atoms with Crippen molar-refractivity contribution in [1.82, 2.24) is 15.2 Å². The molecule has 2 heterocycles. The third-order valence-corrected chi connectivity index (χ3v) is 10.7. The number of fused-ring (bicyclic) bond motifs is 1. The van der Waals surface area contributed by atoms with Gasteiger partial charge >= 0.3 is 5.97 Å². The van der Waals surface area contributed by atoms with Crippen LogP contribution < -0.4 is 15.6 Å². The van der Waals surface area contributed by atoms with Crippen molar-refractivity contribution in [3.05, 3.63) is 142 Å². The number of nitrogens with one attached hydrogen (secondary N) is 2. The van der Waals surface area contributed by atoms with Gasteiger partial charge < -0.3 is 30.0 Å². The lowest BCUT2D eigenvalue weighted by molar-refractivity contribution is -0.164. The van der Waals surface area contributed by atoms with Crippen LogP contribution in [0.3, 0.4) is 0 Å². The monoisotopic (exact) mass is 745 g/mol. The summed E-state index contributed by atoms with van der Waals surface area (Å²) in [7, 11) is 0. The van der Waals surface area contributed by atoms with Gasteiger partial charge in [-0.25, -0.2) is 4.79 Å². The minimum atomic E-state index is -1.95. The molecule has 290 valence electrons. The Balaban J connectivity index is 0.890. The number of hydrogen-bond acceptors (Lipinski definition) is 8. The fraction of sp³-hybridized carbons (Fsp3) is 0.391. The number of benzene rings is 4. The Morgan fingerprint density at radius 1 is 0.800 bits per heavy atom. The zero-order chi connectivity index (χ0) is 38.3. The van der Waals surface area contributed by atoms with Crippen LogP contribution in [0.25, 0.3) is 10.9 Å². The Morgan fingerprint density at radius 2 is 1.51 bits per heavy atom. The second-order valence-electron chi connectivity index (χ2n) is 14.7. The Hall–Kier alpha value is -4.96. The highest BCUT2D eigenvalue weighted by Gasteiger charge is 2.42. The number of hydrogen-bond donors (Lipinski definition) is 4. The van der Waals surface area contributed by atoms with Gasteiger partial charge in [0, 0.05) is 23.6 Å². The number of pyridine rings is 1. The van der Waals surface area contributed by atoms with E-state index in [2.05, 4.69) is 39.5 Å². The molecule has 0 radical (unpaired) electrons. The van der Waals surface area contributed by atoms with Gasteiger partial charge in [-0.3, -0.25) is 9.69 Å². The van der Waals surface area contributed by atoms with E-state index < -0.39 is 11.6 Å². The Bertz CT molecular complexity index is 1990. The summed E-state index contributed by atoms with van der Waals surface area (Å²) in [6, 6.07) is 33.5. The lowest BCUT2D eigenvalue weighted by atomic mass is 9.86. The topological polar surface area (TPSA) is 124 Å². The average Bonchev–Trinajstić information content (AvgIpc) is 3.22. The van der Waals surface area contributed by atoms with Gasteiger partial charge in [-0.05, 0) is 105 Å². The number of rotatable bonds is 20. The lowest BCUT2D eigenvalue weighted by Crippen LogP contribution is -2.40. The van der Waals surface area contributed by atoms with E-state index in [0.717, 1.165) is 101 Å². The quantitative estimate of drug-likeness (QED) is 0.0478. The predicted octanol–water partition coefficient (Wildman–Crippen LogP) is 7.48. The van der Waals surface area contributed by atoms with Crippen LogP contribution in [0.1, 0.15) is 73.6 Å². The Labute approximate surface area is 324 Å². The molecule has 1 aromatic heterocycles. The average molecular weight is 746 g/mol. The van der Waals surface area contributed by atoms with Gasteiger partial charge in [-0.2, -0.15) is 0 Å². The molecule has 0 saturated carbocycles. The van der Waals surface area contributed by atoms with Gasteiger partial charge in [-0.1, -0.05) is 105 Å². The molecule has 9 nitrogen and oxygen atoms in total. The number of carbonyl (C=O) groups excluding carboxylic acids is 1. The number of H-pyrrole nitrogens is 1. The molecule has 0 aliphatic carbocycles. The maximum Gasteiger partial charge on any atom is 0.347 e. The van der Waals surface area contributed by atoms with Crippen LogP contribution in [0, 0.1) is 5.92 Å². The molecule has 0 amide bonds.